The molecule has 0 saturated carbocycles. The van der Waals surface area contributed by atoms with Crippen LogP contribution in [0.1, 0.15) is 31.0 Å². The molecular formula is C17H23N3O2. The molecule has 118 valence electrons. The van der Waals surface area contributed by atoms with Crippen LogP contribution < -0.4 is 5.56 Å². The minimum Gasteiger partial charge on any atom is -0.393 e. The number of likely N-dealkylation sites (tertiary alicyclic amines) is 1. The summed E-state index contributed by atoms with van der Waals surface area (Å²) in [6.07, 6.45) is 3.63. The maximum absolute atomic E-state index is 12.2. The van der Waals surface area contributed by atoms with E-state index in [-0.39, 0.29) is 11.7 Å². The first-order chi connectivity index (χ1) is 10.5. The van der Waals surface area contributed by atoms with Crippen molar-refractivity contribution in [2.45, 2.75) is 39.3 Å². The molecule has 5 heteroatoms. The Hall–Kier alpha value is -1.72. The zero-order chi connectivity index (χ0) is 15.7. The van der Waals surface area contributed by atoms with Crippen LogP contribution in [-0.4, -0.2) is 38.6 Å². The lowest BCUT2D eigenvalue weighted by Gasteiger charge is -2.33. The SMILES string of the molecule is Cc1cccn2c(=O)cc(CN3CCCC(C(C)O)C3)nc12. The predicted molar refractivity (Wildman–Crippen MR) is 85.9 cm³/mol. The number of pyridine rings is 1. The monoisotopic (exact) mass is 301 g/mol. The largest absolute Gasteiger partial charge is 0.393 e. The Labute approximate surface area is 130 Å². The van der Waals surface area contributed by atoms with Gasteiger partial charge >= 0.3 is 0 Å². The average Bonchev–Trinajstić information content (AvgIpc) is 2.49. The van der Waals surface area contributed by atoms with E-state index in [1.54, 1.807) is 16.7 Å². The molecule has 1 aliphatic rings. The Balaban J connectivity index is 1.85. The Morgan fingerprint density at radius 1 is 1.50 bits per heavy atom. The van der Waals surface area contributed by atoms with Gasteiger partial charge in [-0.05, 0) is 50.8 Å². The summed E-state index contributed by atoms with van der Waals surface area (Å²) in [6, 6.07) is 5.46. The van der Waals surface area contributed by atoms with Crippen molar-refractivity contribution in [2.24, 2.45) is 5.92 Å². The van der Waals surface area contributed by atoms with Gasteiger partial charge in [-0.1, -0.05) is 6.07 Å². The molecule has 3 heterocycles. The van der Waals surface area contributed by atoms with Crippen LogP contribution in [0.5, 0.6) is 0 Å². The third-order valence-electron chi connectivity index (χ3n) is 4.55. The van der Waals surface area contributed by atoms with Crippen molar-refractivity contribution < 1.29 is 5.11 Å². The second kappa shape index (κ2) is 6.18. The molecular weight excluding hydrogens is 278 g/mol. The lowest BCUT2D eigenvalue weighted by molar-refractivity contribution is 0.0594. The molecule has 1 N–H and O–H groups in total. The maximum Gasteiger partial charge on any atom is 0.258 e. The summed E-state index contributed by atoms with van der Waals surface area (Å²) in [6.45, 7) is 6.36. The normalized spacial score (nSPS) is 21.1. The van der Waals surface area contributed by atoms with Gasteiger partial charge in [-0.2, -0.15) is 0 Å². The highest BCUT2D eigenvalue weighted by Gasteiger charge is 2.23. The maximum atomic E-state index is 12.2. The summed E-state index contributed by atoms with van der Waals surface area (Å²) < 4.78 is 1.59. The number of hydrogen-bond acceptors (Lipinski definition) is 4. The number of piperidine rings is 1. The number of rotatable bonds is 3. The number of aliphatic hydroxyl groups is 1. The highest BCUT2D eigenvalue weighted by atomic mass is 16.3. The number of aliphatic hydroxyl groups excluding tert-OH is 1. The Bertz CT molecular complexity index is 723. The number of nitrogens with zero attached hydrogens (tertiary/aromatic N) is 3. The standard InChI is InChI=1S/C17H23N3O2/c1-12-5-3-8-20-16(22)9-15(18-17(12)20)11-19-7-4-6-14(10-19)13(2)21/h3,5,8-9,13-14,21H,4,6-7,10-11H2,1-2H3. The fourth-order valence-corrected chi connectivity index (χ4v) is 3.25. The van der Waals surface area contributed by atoms with Gasteiger partial charge in [-0.3, -0.25) is 14.1 Å². The summed E-state index contributed by atoms with van der Waals surface area (Å²) in [5.41, 5.74) is 2.51. The first-order valence-electron chi connectivity index (χ1n) is 7.93. The van der Waals surface area contributed by atoms with E-state index in [2.05, 4.69) is 9.88 Å². The molecule has 2 aromatic heterocycles. The highest BCUT2D eigenvalue weighted by Crippen LogP contribution is 2.21. The van der Waals surface area contributed by atoms with Crippen LogP contribution in [0.4, 0.5) is 0 Å². The molecule has 1 fully saturated rings. The Morgan fingerprint density at radius 3 is 3.09 bits per heavy atom. The summed E-state index contributed by atoms with van der Waals surface area (Å²) in [5.74, 6) is 0.317. The second-order valence-electron chi connectivity index (χ2n) is 6.35. The minimum absolute atomic E-state index is 0.0345. The van der Waals surface area contributed by atoms with Gasteiger partial charge in [0.2, 0.25) is 0 Å². The third kappa shape index (κ3) is 3.05. The predicted octanol–water partition coefficient (Wildman–Crippen LogP) is 1.60. The van der Waals surface area contributed by atoms with Crippen LogP contribution in [0.15, 0.2) is 29.2 Å². The van der Waals surface area contributed by atoms with Crippen molar-refractivity contribution in [1.29, 1.82) is 0 Å². The van der Waals surface area contributed by atoms with Gasteiger partial charge in [0.1, 0.15) is 5.65 Å². The van der Waals surface area contributed by atoms with Crippen LogP contribution in [-0.2, 0) is 6.54 Å². The number of aromatic nitrogens is 2. The van der Waals surface area contributed by atoms with E-state index in [0.717, 1.165) is 42.8 Å². The zero-order valence-electron chi connectivity index (χ0n) is 13.2. The van der Waals surface area contributed by atoms with Crippen molar-refractivity contribution in [3.63, 3.8) is 0 Å². The lowest BCUT2D eigenvalue weighted by Crippen LogP contribution is -2.39. The molecule has 2 atom stereocenters. The van der Waals surface area contributed by atoms with E-state index in [1.165, 1.54) is 0 Å². The highest BCUT2D eigenvalue weighted by molar-refractivity contribution is 5.46. The van der Waals surface area contributed by atoms with Crippen LogP contribution in [0.3, 0.4) is 0 Å². The van der Waals surface area contributed by atoms with Crippen LogP contribution in [0.25, 0.3) is 5.65 Å². The summed E-state index contributed by atoms with van der Waals surface area (Å²) in [4.78, 5) is 19.2. The third-order valence-corrected chi connectivity index (χ3v) is 4.55. The molecule has 0 aliphatic carbocycles. The van der Waals surface area contributed by atoms with Crippen molar-refractivity contribution in [3.05, 3.63) is 46.0 Å². The molecule has 0 bridgehead atoms. The Kier molecular flexibility index (Phi) is 4.27. The van der Waals surface area contributed by atoms with Gasteiger partial charge in [0.15, 0.2) is 0 Å². The second-order valence-corrected chi connectivity index (χ2v) is 6.35. The smallest absolute Gasteiger partial charge is 0.258 e. The molecule has 2 aromatic rings. The van der Waals surface area contributed by atoms with E-state index in [1.807, 2.05) is 26.0 Å². The van der Waals surface area contributed by atoms with Crippen molar-refractivity contribution >= 4 is 5.65 Å². The molecule has 1 saturated heterocycles. The molecule has 0 radical (unpaired) electrons. The van der Waals surface area contributed by atoms with Gasteiger partial charge in [0.25, 0.3) is 5.56 Å². The topological polar surface area (TPSA) is 57.8 Å². The van der Waals surface area contributed by atoms with Crippen LogP contribution in [0.2, 0.25) is 0 Å². The van der Waals surface area contributed by atoms with Crippen molar-refractivity contribution in [1.82, 2.24) is 14.3 Å². The van der Waals surface area contributed by atoms with E-state index < -0.39 is 0 Å². The van der Waals surface area contributed by atoms with Crippen molar-refractivity contribution in [3.8, 4) is 0 Å². The molecule has 5 nitrogen and oxygen atoms in total. The fourth-order valence-electron chi connectivity index (χ4n) is 3.25. The number of hydrogen-bond donors (Lipinski definition) is 1. The molecule has 0 aromatic carbocycles. The Morgan fingerprint density at radius 2 is 2.32 bits per heavy atom. The van der Waals surface area contributed by atoms with Gasteiger partial charge in [0, 0.05) is 25.4 Å². The number of fused-ring (bicyclic) bond motifs is 1. The first-order valence-corrected chi connectivity index (χ1v) is 7.93. The minimum atomic E-state index is -0.278. The molecule has 0 spiro atoms. The molecule has 1 aliphatic heterocycles. The molecule has 2 unspecified atom stereocenters. The first kappa shape index (κ1) is 15.2. The van der Waals surface area contributed by atoms with E-state index >= 15 is 0 Å². The van der Waals surface area contributed by atoms with Gasteiger partial charge in [-0.25, -0.2) is 4.98 Å². The average molecular weight is 301 g/mol. The summed E-state index contributed by atoms with van der Waals surface area (Å²) in [5, 5.41) is 9.79. The zero-order valence-corrected chi connectivity index (χ0v) is 13.2. The van der Waals surface area contributed by atoms with E-state index in [4.69, 9.17) is 0 Å². The summed E-state index contributed by atoms with van der Waals surface area (Å²) >= 11 is 0. The fraction of sp³-hybridized carbons (Fsp3) is 0.529. The van der Waals surface area contributed by atoms with Crippen LogP contribution in [0, 0.1) is 12.8 Å². The summed E-state index contributed by atoms with van der Waals surface area (Å²) in [7, 11) is 0. The van der Waals surface area contributed by atoms with Gasteiger partial charge in [-0.15, -0.1) is 0 Å². The number of aryl methyl sites for hydroxylation is 1. The lowest BCUT2D eigenvalue weighted by atomic mass is 9.93. The van der Waals surface area contributed by atoms with Gasteiger partial charge < -0.3 is 5.11 Å². The van der Waals surface area contributed by atoms with E-state index in [9.17, 15) is 9.90 Å². The molecule has 0 amide bonds. The molecule has 22 heavy (non-hydrogen) atoms. The van der Waals surface area contributed by atoms with E-state index in [0.29, 0.717) is 12.5 Å². The quantitative estimate of drug-likeness (QED) is 0.935. The van der Waals surface area contributed by atoms with Crippen LogP contribution >= 0.6 is 0 Å². The van der Waals surface area contributed by atoms with Gasteiger partial charge in [0.05, 0.1) is 11.8 Å². The molecule has 3 rings (SSSR count). The van der Waals surface area contributed by atoms with Crippen molar-refractivity contribution in [2.75, 3.05) is 13.1 Å².